The number of aromatic nitrogens is 2. The number of aryl methyl sites for hydroxylation is 1. The Balaban J connectivity index is 1.69. The van der Waals surface area contributed by atoms with Crippen molar-refractivity contribution in [3.05, 3.63) is 54.0 Å². The second kappa shape index (κ2) is 6.61. The molecule has 142 valence electrons. The third-order valence-electron chi connectivity index (χ3n) is 5.17. The molecule has 1 saturated heterocycles. The molecule has 6 nitrogen and oxygen atoms in total. The molecule has 8 heteroatoms. The summed E-state index contributed by atoms with van der Waals surface area (Å²) in [5, 5.41) is 5.00. The Kier molecular flexibility index (Phi) is 4.39. The third kappa shape index (κ3) is 3.19. The largest absolute Gasteiger partial charge is 0.370 e. The monoisotopic (exact) mass is 388 g/mol. The quantitative estimate of drug-likeness (QED) is 0.746. The average molecular weight is 388 g/mol. The molecule has 4 rings (SSSR count). The van der Waals surface area contributed by atoms with Crippen molar-refractivity contribution < 1.29 is 12.8 Å². The molecule has 1 aliphatic heterocycles. The SMILES string of the molecule is CNS(=O)(=O)C1CCN(c2cc3cnn(-c4ccc(F)cc4)c3cc2C)C1. The van der Waals surface area contributed by atoms with Crippen LogP contribution in [-0.4, -0.2) is 43.6 Å². The average Bonchev–Trinajstić information content (AvgIpc) is 3.29. The first-order valence-electron chi connectivity index (χ1n) is 8.80. The molecule has 2 aromatic carbocycles. The molecule has 1 unspecified atom stereocenters. The fourth-order valence-electron chi connectivity index (χ4n) is 3.66. The number of rotatable bonds is 4. The number of fused-ring (bicyclic) bond motifs is 1. The summed E-state index contributed by atoms with van der Waals surface area (Å²) < 4.78 is 41.6. The lowest BCUT2D eigenvalue weighted by molar-refractivity contribution is 0.575. The lowest BCUT2D eigenvalue weighted by Gasteiger charge is -2.21. The minimum absolute atomic E-state index is 0.284. The van der Waals surface area contributed by atoms with Crippen molar-refractivity contribution in [1.29, 1.82) is 0 Å². The lowest BCUT2D eigenvalue weighted by Crippen LogP contribution is -2.34. The summed E-state index contributed by atoms with van der Waals surface area (Å²) >= 11 is 0. The van der Waals surface area contributed by atoms with E-state index in [9.17, 15) is 12.8 Å². The Labute approximate surface area is 157 Å². The Morgan fingerprint density at radius 3 is 2.67 bits per heavy atom. The summed E-state index contributed by atoms with van der Waals surface area (Å²) in [5.74, 6) is -0.284. The number of nitrogens with one attached hydrogen (secondary N) is 1. The number of sulfonamides is 1. The number of anilines is 1. The van der Waals surface area contributed by atoms with Crippen LogP contribution >= 0.6 is 0 Å². The Bertz CT molecular complexity index is 1090. The lowest BCUT2D eigenvalue weighted by atomic mass is 10.1. The van der Waals surface area contributed by atoms with Gasteiger partial charge in [0.05, 0.1) is 22.7 Å². The highest BCUT2D eigenvalue weighted by atomic mass is 32.2. The molecule has 0 bridgehead atoms. The van der Waals surface area contributed by atoms with Gasteiger partial charge >= 0.3 is 0 Å². The standard InChI is InChI=1S/C19H21FN4O2S/c1-13-9-19-14(11-22-24(19)16-5-3-15(20)4-6-16)10-18(13)23-8-7-17(12-23)27(25,26)21-2/h3-6,9-11,17,21H,7-8,12H2,1-2H3. The van der Waals surface area contributed by atoms with E-state index in [0.29, 0.717) is 19.5 Å². The number of hydrogen-bond donors (Lipinski definition) is 1. The van der Waals surface area contributed by atoms with Crippen LogP contribution in [0.15, 0.2) is 42.6 Å². The fourth-order valence-corrected chi connectivity index (χ4v) is 4.79. The maximum Gasteiger partial charge on any atom is 0.216 e. The van der Waals surface area contributed by atoms with Gasteiger partial charge < -0.3 is 4.90 Å². The maximum atomic E-state index is 13.2. The predicted molar refractivity (Wildman–Crippen MR) is 104 cm³/mol. The molecule has 0 radical (unpaired) electrons. The van der Waals surface area contributed by atoms with Crippen molar-refractivity contribution in [3.8, 4) is 5.69 Å². The maximum absolute atomic E-state index is 13.2. The van der Waals surface area contributed by atoms with Crippen molar-refractivity contribution in [3.63, 3.8) is 0 Å². The Hall–Kier alpha value is -2.45. The molecule has 1 atom stereocenters. The van der Waals surface area contributed by atoms with E-state index in [-0.39, 0.29) is 5.82 Å². The van der Waals surface area contributed by atoms with Gasteiger partial charge in [-0.1, -0.05) is 0 Å². The fraction of sp³-hybridized carbons (Fsp3) is 0.316. The van der Waals surface area contributed by atoms with Crippen molar-refractivity contribution in [2.24, 2.45) is 0 Å². The van der Waals surface area contributed by atoms with Crippen LogP contribution in [-0.2, 0) is 10.0 Å². The number of nitrogens with zero attached hydrogens (tertiary/aromatic N) is 3. The van der Waals surface area contributed by atoms with Crippen molar-refractivity contribution in [2.45, 2.75) is 18.6 Å². The van der Waals surface area contributed by atoms with Gasteiger partial charge in [0.25, 0.3) is 0 Å². The Morgan fingerprint density at radius 1 is 1.22 bits per heavy atom. The first-order valence-corrected chi connectivity index (χ1v) is 10.4. The molecule has 2 heterocycles. The van der Waals surface area contributed by atoms with E-state index < -0.39 is 15.3 Å². The van der Waals surface area contributed by atoms with Crippen LogP contribution in [0.25, 0.3) is 16.6 Å². The summed E-state index contributed by atoms with van der Waals surface area (Å²) in [6.07, 6.45) is 2.38. The highest BCUT2D eigenvalue weighted by Gasteiger charge is 2.32. The van der Waals surface area contributed by atoms with Crippen LogP contribution in [0.5, 0.6) is 0 Å². The van der Waals surface area contributed by atoms with E-state index in [4.69, 9.17) is 0 Å². The zero-order chi connectivity index (χ0) is 19.2. The molecule has 1 aliphatic rings. The highest BCUT2D eigenvalue weighted by molar-refractivity contribution is 7.90. The number of benzene rings is 2. The van der Waals surface area contributed by atoms with E-state index >= 15 is 0 Å². The van der Waals surface area contributed by atoms with Gasteiger partial charge in [-0.3, -0.25) is 0 Å². The first-order chi connectivity index (χ1) is 12.9. The minimum Gasteiger partial charge on any atom is -0.370 e. The number of halogens is 1. The van der Waals surface area contributed by atoms with Gasteiger partial charge in [-0.2, -0.15) is 5.10 Å². The summed E-state index contributed by atoms with van der Waals surface area (Å²) in [5.41, 5.74) is 3.80. The van der Waals surface area contributed by atoms with Crippen molar-refractivity contribution in [2.75, 3.05) is 25.0 Å². The van der Waals surface area contributed by atoms with E-state index in [1.165, 1.54) is 19.2 Å². The van der Waals surface area contributed by atoms with E-state index in [2.05, 4.69) is 14.7 Å². The van der Waals surface area contributed by atoms with E-state index in [1.807, 2.05) is 19.1 Å². The van der Waals surface area contributed by atoms with Gasteiger partial charge in [0.2, 0.25) is 10.0 Å². The van der Waals surface area contributed by atoms with Gasteiger partial charge in [-0.15, -0.1) is 0 Å². The molecular formula is C19H21FN4O2S. The topological polar surface area (TPSA) is 67.2 Å². The van der Waals surface area contributed by atoms with Crippen LogP contribution < -0.4 is 9.62 Å². The van der Waals surface area contributed by atoms with Crippen molar-refractivity contribution >= 4 is 26.6 Å². The van der Waals surface area contributed by atoms with Gasteiger partial charge in [0, 0.05) is 24.2 Å². The van der Waals surface area contributed by atoms with Gasteiger partial charge in [0.15, 0.2) is 0 Å². The van der Waals surface area contributed by atoms with Crippen LogP contribution in [0.4, 0.5) is 10.1 Å². The molecule has 0 amide bonds. The molecule has 27 heavy (non-hydrogen) atoms. The summed E-state index contributed by atoms with van der Waals surface area (Å²) in [7, 11) is -1.81. The molecule has 3 aromatic rings. The zero-order valence-corrected chi connectivity index (χ0v) is 16.0. The molecule has 1 aromatic heterocycles. The second-order valence-electron chi connectivity index (χ2n) is 6.84. The minimum atomic E-state index is -3.27. The summed E-state index contributed by atoms with van der Waals surface area (Å²) in [6, 6.07) is 10.3. The molecule has 0 saturated carbocycles. The predicted octanol–water partition coefficient (Wildman–Crippen LogP) is 2.60. The molecule has 1 fully saturated rings. The first kappa shape index (κ1) is 17.9. The van der Waals surface area contributed by atoms with Crippen LogP contribution in [0, 0.1) is 12.7 Å². The Morgan fingerprint density at radius 2 is 1.96 bits per heavy atom. The molecule has 1 N–H and O–H groups in total. The molecule has 0 spiro atoms. The molecule has 0 aliphatic carbocycles. The van der Waals surface area contributed by atoms with Crippen molar-refractivity contribution in [1.82, 2.24) is 14.5 Å². The zero-order valence-electron chi connectivity index (χ0n) is 15.2. The number of hydrogen-bond acceptors (Lipinski definition) is 4. The van der Waals surface area contributed by atoms with Crippen LogP contribution in [0.3, 0.4) is 0 Å². The smallest absolute Gasteiger partial charge is 0.216 e. The van der Waals surface area contributed by atoms with Crippen LogP contribution in [0.1, 0.15) is 12.0 Å². The highest BCUT2D eigenvalue weighted by Crippen LogP contribution is 2.31. The normalized spacial score (nSPS) is 17.7. The van der Waals surface area contributed by atoms with Gasteiger partial charge in [0.1, 0.15) is 5.82 Å². The van der Waals surface area contributed by atoms with Crippen LogP contribution in [0.2, 0.25) is 0 Å². The van der Waals surface area contributed by atoms with E-state index in [0.717, 1.165) is 27.8 Å². The van der Waals surface area contributed by atoms with Gasteiger partial charge in [-0.05, 0) is 62.4 Å². The second-order valence-corrected chi connectivity index (χ2v) is 9.00. The van der Waals surface area contributed by atoms with E-state index in [1.54, 1.807) is 23.0 Å². The summed E-state index contributed by atoms with van der Waals surface area (Å²) in [4.78, 5) is 2.11. The summed E-state index contributed by atoms with van der Waals surface area (Å²) in [6.45, 7) is 3.18. The third-order valence-corrected chi connectivity index (χ3v) is 7.00. The molecular weight excluding hydrogens is 367 g/mol. The van der Waals surface area contributed by atoms with Gasteiger partial charge in [-0.25, -0.2) is 22.2 Å².